The minimum Gasteiger partial charge on any atom is -0.478 e. The van der Waals surface area contributed by atoms with Gasteiger partial charge in [0.2, 0.25) is 5.91 Å². The first kappa shape index (κ1) is 13.1. The van der Waals surface area contributed by atoms with Gasteiger partial charge >= 0.3 is 5.97 Å². The van der Waals surface area contributed by atoms with Crippen molar-refractivity contribution < 1.29 is 19.4 Å². The molecule has 0 unspecified atom stereocenters. The summed E-state index contributed by atoms with van der Waals surface area (Å²) in [6, 6.07) is 0. The smallest absolute Gasteiger partial charge is 0.333 e. The summed E-state index contributed by atoms with van der Waals surface area (Å²) < 4.78 is 5.54. The molecule has 2 aliphatic rings. The summed E-state index contributed by atoms with van der Waals surface area (Å²) in [6.07, 6.45) is 5.83. The number of aliphatic carboxylic acids is 1. The van der Waals surface area contributed by atoms with Crippen molar-refractivity contribution in [2.24, 2.45) is 0 Å². The molecule has 0 saturated carbocycles. The van der Waals surface area contributed by atoms with Crippen molar-refractivity contribution in [2.45, 2.75) is 38.2 Å². The molecule has 1 amide bonds. The van der Waals surface area contributed by atoms with E-state index in [1.54, 1.807) is 11.0 Å². The maximum absolute atomic E-state index is 12.1. The average molecular weight is 253 g/mol. The second kappa shape index (κ2) is 6.00. The number of amides is 1. The first-order chi connectivity index (χ1) is 8.66. The largest absolute Gasteiger partial charge is 0.478 e. The average Bonchev–Trinajstić information content (AvgIpc) is 2.40. The SMILES string of the molecule is O=C(O)C1=CCCN(C(=O)C[C@@H]2CCCCO2)C1. The normalized spacial score (nSPS) is 24.6. The molecule has 1 fully saturated rings. The van der Waals surface area contributed by atoms with Gasteiger partial charge in [0.15, 0.2) is 0 Å². The number of carboxylic acids is 1. The van der Waals surface area contributed by atoms with Crippen LogP contribution in [-0.2, 0) is 14.3 Å². The maximum Gasteiger partial charge on any atom is 0.333 e. The molecule has 0 aromatic carbocycles. The standard InChI is InChI=1S/C13H19NO4/c15-12(8-11-5-1-2-7-18-11)14-6-3-4-10(9-14)13(16)17/h4,11H,1-3,5-9H2,(H,16,17)/t11-/m0/s1. The molecule has 1 atom stereocenters. The van der Waals surface area contributed by atoms with Crippen LogP contribution in [0.25, 0.3) is 0 Å². The Balaban J connectivity index is 1.85. The highest BCUT2D eigenvalue weighted by molar-refractivity contribution is 5.88. The molecule has 1 saturated heterocycles. The number of carbonyl (C=O) groups is 2. The maximum atomic E-state index is 12.1. The predicted molar refractivity (Wildman–Crippen MR) is 65.1 cm³/mol. The van der Waals surface area contributed by atoms with Crippen LogP contribution in [0, 0.1) is 0 Å². The predicted octanol–water partition coefficient (Wildman–Crippen LogP) is 1.19. The molecule has 5 nitrogen and oxygen atoms in total. The summed E-state index contributed by atoms with van der Waals surface area (Å²) >= 11 is 0. The van der Waals surface area contributed by atoms with Gasteiger partial charge in [0, 0.05) is 13.2 Å². The Kier molecular flexibility index (Phi) is 4.36. The lowest BCUT2D eigenvalue weighted by Gasteiger charge is -2.29. The van der Waals surface area contributed by atoms with Crippen LogP contribution in [0.2, 0.25) is 0 Å². The van der Waals surface area contributed by atoms with Gasteiger partial charge in [0.05, 0.1) is 24.6 Å². The molecule has 2 heterocycles. The molecule has 0 bridgehead atoms. The van der Waals surface area contributed by atoms with E-state index in [9.17, 15) is 9.59 Å². The zero-order valence-electron chi connectivity index (χ0n) is 10.4. The van der Waals surface area contributed by atoms with Gasteiger partial charge < -0.3 is 14.7 Å². The van der Waals surface area contributed by atoms with E-state index in [1.165, 1.54) is 0 Å². The van der Waals surface area contributed by atoms with Gasteiger partial charge in [-0.1, -0.05) is 6.08 Å². The fraction of sp³-hybridized carbons (Fsp3) is 0.692. The summed E-state index contributed by atoms with van der Waals surface area (Å²) in [6.45, 7) is 1.57. The van der Waals surface area contributed by atoms with Crippen molar-refractivity contribution >= 4 is 11.9 Å². The third-order valence-electron chi connectivity index (χ3n) is 3.45. The van der Waals surface area contributed by atoms with E-state index in [4.69, 9.17) is 9.84 Å². The minimum absolute atomic E-state index is 0.00810. The zero-order chi connectivity index (χ0) is 13.0. The van der Waals surface area contributed by atoms with Crippen LogP contribution in [-0.4, -0.2) is 47.7 Å². The van der Waals surface area contributed by atoms with E-state index in [0.717, 1.165) is 25.9 Å². The second-order valence-electron chi connectivity index (χ2n) is 4.83. The van der Waals surface area contributed by atoms with Crippen molar-refractivity contribution in [3.8, 4) is 0 Å². The van der Waals surface area contributed by atoms with E-state index in [0.29, 0.717) is 25.0 Å². The van der Waals surface area contributed by atoms with Crippen LogP contribution < -0.4 is 0 Å². The highest BCUT2D eigenvalue weighted by Gasteiger charge is 2.25. The van der Waals surface area contributed by atoms with Crippen molar-refractivity contribution in [2.75, 3.05) is 19.7 Å². The summed E-state index contributed by atoms with van der Waals surface area (Å²) in [7, 11) is 0. The number of carboxylic acid groups (broad SMARTS) is 1. The Morgan fingerprint density at radius 3 is 2.94 bits per heavy atom. The fourth-order valence-corrected chi connectivity index (χ4v) is 2.40. The van der Waals surface area contributed by atoms with Gasteiger partial charge in [-0.15, -0.1) is 0 Å². The van der Waals surface area contributed by atoms with Crippen molar-refractivity contribution in [1.82, 2.24) is 4.90 Å². The third-order valence-corrected chi connectivity index (χ3v) is 3.45. The topological polar surface area (TPSA) is 66.8 Å². The van der Waals surface area contributed by atoms with Crippen molar-refractivity contribution in [3.05, 3.63) is 11.6 Å². The lowest BCUT2D eigenvalue weighted by atomic mass is 10.0. The Hall–Kier alpha value is -1.36. The lowest BCUT2D eigenvalue weighted by molar-refractivity contribution is -0.136. The molecule has 5 heteroatoms. The minimum atomic E-state index is -0.929. The molecular formula is C13H19NO4. The van der Waals surface area contributed by atoms with Crippen LogP contribution >= 0.6 is 0 Å². The molecular weight excluding hydrogens is 234 g/mol. The second-order valence-corrected chi connectivity index (χ2v) is 4.83. The number of hydrogen-bond acceptors (Lipinski definition) is 3. The Morgan fingerprint density at radius 2 is 2.28 bits per heavy atom. The Labute approximate surface area is 106 Å². The molecule has 0 aromatic rings. The molecule has 0 radical (unpaired) electrons. The molecule has 0 aliphatic carbocycles. The fourth-order valence-electron chi connectivity index (χ4n) is 2.40. The molecule has 0 aromatic heterocycles. The van der Waals surface area contributed by atoms with Crippen LogP contribution in [0.4, 0.5) is 0 Å². The van der Waals surface area contributed by atoms with Crippen LogP contribution in [0.5, 0.6) is 0 Å². The van der Waals surface area contributed by atoms with Gasteiger partial charge in [0.1, 0.15) is 0 Å². The van der Waals surface area contributed by atoms with E-state index in [-0.39, 0.29) is 18.6 Å². The molecule has 2 aliphatic heterocycles. The van der Waals surface area contributed by atoms with E-state index in [2.05, 4.69) is 0 Å². The van der Waals surface area contributed by atoms with Gasteiger partial charge in [0.25, 0.3) is 0 Å². The molecule has 2 rings (SSSR count). The van der Waals surface area contributed by atoms with Gasteiger partial charge in [-0.2, -0.15) is 0 Å². The molecule has 0 spiro atoms. The highest BCUT2D eigenvalue weighted by Crippen LogP contribution is 2.18. The van der Waals surface area contributed by atoms with Gasteiger partial charge in [-0.25, -0.2) is 4.79 Å². The molecule has 100 valence electrons. The van der Waals surface area contributed by atoms with Crippen molar-refractivity contribution in [1.29, 1.82) is 0 Å². The quantitative estimate of drug-likeness (QED) is 0.820. The van der Waals surface area contributed by atoms with Crippen LogP contribution in [0.15, 0.2) is 11.6 Å². The molecule has 1 N–H and O–H groups in total. The number of carbonyl (C=O) groups excluding carboxylic acids is 1. The first-order valence-electron chi connectivity index (χ1n) is 6.48. The van der Waals surface area contributed by atoms with E-state index >= 15 is 0 Å². The van der Waals surface area contributed by atoms with Crippen LogP contribution in [0.3, 0.4) is 0 Å². The Morgan fingerprint density at radius 1 is 1.44 bits per heavy atom. The number of rotatable bonds is 3. The van der Waals surface area contributed by atoms with Crippen molar-refractivity contribution in [3.63, 3.8) is 0 Å². The van der Waals surface area contributed by atoms with Crippen LogP contribution in [0.1, 0.15) is 32.1 Å². The highest BCUT2D eigenvalue weighted by atomic mass is 16.5. The Bertz CT molecular complexity index is 358. The summed E-state index contributed by atoms with van der Waals surface area (Å²) in [5.74, 6) is -0.921. The summed E-state index contributed by atoms with van der Waals surface area (Å²) in [4.78, 5) is 24.6. The van der Waals surface area contributed by atoms with E-state index in [1.807, 2.05) is 0 Å². The zero-order valence-corrected chi connectivity index (χ0v) is 10.4. The first-order valence-corrected chi connectivity index (χ1v) is 6.48. The van der Waals surface area contributed by atoms with E-state index < -0.39 is 5.97 Å². The number of ether oxygens (including phenoxy) is 1. The summed E-state index contributed by atoms with van der Waals surface area (Å²) in [5, 5.41) is 8.93. The number of nitrogens with zero attached hydrogens (tertiary/aromatic N) is 1. The lowest BCUT2D eigenvalue weighted by Crippen LogP contribution is -2.39. The monoisotopic (exact) mass is 253 g/mol. The van der Waals surface area contributed by atoms with Gasteiger partial charge in [-0.3, -0.25) is 4.79 Å². The third kappa shape index (κ3) is 3.32. The van der Waals surface area contributed by atoms with Gasteiger partial charge in [-0.05, 0) is 25.7 Å². The summed E-state index contributed by atoms with van der Waals surface area (Å²) in [5.41, 5.74) is 0.319. The molecule has 18 heavy (non-hydrogen) atoms. The number of hydrogen-bond donors (Lipinski definition) is 1.